The molecule has 3 aliphatic heterocycles. The standard InChI is InChI=1S/C22H22F5NO3S.C22H18F5NO3S.C20H15F5O4S.C4H8NOP/c2*23-17-5-6-18(24)20-19(17)21(9-7-13(8-10-28)11-15(21)12-31-20)32(29,30)16-3-1-14(2-4-16)22(25,26)27;21-15-5-6-16(22)18-17(15)19(8-7-13(26)9-12(19)10-29-18)30(27,28)14-3-1-11(2-4-14)20(23,24)25;1-7(2,6)4-3-5/h1-6,13,15H,7-12,28H2;1-6,13,15H,7-9,11-12H2;1-6,12H,7-10H2;4H2,1-2H3/t2*13-,15+,21-;12-,19+;/m001./s1. The molecule has 101 heavy (non-hydrogen) atoms. The van der Waals surface area contributed by atoms with E-state index in [1.165, 1.54) is 0 Å². The first-order chi connectivity index (χ1) is 47.1. The highest BCUT2D eigenvalue weighted by molar-refractivity contribution is 7.93. The molecule has 2 N–H and O–H groups in total. The summed E-state index contributed by atoms with van der Waals surface area (Å²) >= 11 is 0. The van der Waals surface area contributed by atoms with E-state index in [-0.39, 0.29) is 105 Å². The van der Waals surface area contributed by atoms with Gasteiger partial charge in [-0.05, 0) is 192 Å². The van der Waals surface area contributed by atoms with Crippen LogP contribution >= 0.6 is 7.14 Å². The van der Waals surface area contributed by atoms with E-state index in [0.29, 0.717) is 62.2 Å². The van der Waals surface area contributed by atoms with Crippen LogP contribution in [0.4, 0.5) is 65.9 Å². The summed E-state index contributed by atoms with van der Waals surface area (Å²) in [5, 5.41) is 17.0. The number of alkyl halides is 9. The number of nitrogens with two attached hydrogens (primary N) is 1. The van der Waals surface area contributed by atoms with E-state index in [4.69, 9.17) is 30.5 Å². The highest BCUT2D eigenvalue weighted by Crippen LogP contribution is 2.61. The highest BCUT2D eigenvalue weighted by Gasteiger charge is 2.63. The molecule has 3 heterocycles. The van der Waals surface area contributed by atoms with Gasteiger partial charge in [0, 0.05) is 37.0 Å². The van der Waals surface area contributed by atoms with Crippen LogP contribution in [0, 0.1) is 87.2 Å². The van der Waals surface area contributed by atoms with Gasteiger partial charge in [-0.2, -0.15) is 50.0 Å². The zero-order valence-corrected chi connectivity index (χ0v) is 56.7. The van der Waals surface area contributed by atoms with Gasteiger partial charge < -0.3 is 24.5 Å². The Morgan fingerprint density at radius 3 is 1.11 bits per heavy atom. The van der Waals surface area contributed by atoms with Gasteiger partial charge >= 0.3 is 18.5 Å². The number of hydrogen-bond donors (Lipinski definition) is 1. The van der Waals surface area contributed by atoms with Crippen molar-refractivity contribution in [3.8, 4) is 29.4 Å². The van der Waals surface area contributed by atoms with Gasteiger partial charge in [-0.1, -0.05) is 0 Å². The summed E-state index contributed by atoms with van der Waals surface area (Å²) in [7, 11) is -15.5. The van der Waals surface area contributed by atoms with E-state index in [1.54, 1.807) is 13.3 Å². The molecule has 0 aromatic heterocycles. The summed E-state index contributed by atoms with van der Waals surface area (Å²) in [6, 6.07) is 17.8. The average Bonchev–Trinajstić information content (AvgIpc) is 0.714. The number of fused-ring (bicyclic) bond motifs is 9. The molecule has 0 amide bonds. The lowest BCUT2D eigenvalue weighted by Gasteiger charge is -2.49. The van der Waals surface area contributed by atoms with E-state index in [2.05, 4.69) is 0 Å². The number of Topliss-reactive ketones (excluding diaryl/α,β-unsaturated/α-hetero) is 1. The predicted molar refractivity (Wildman–Crippen MR) is 334 cm³/mol. The summed E-state index contributed by atoms with van der Waals surface area (Å²) < 4.78 is 309. The fourth-order valence-electron chi connectivity index (χ4n) is 14.6. The lowest BCUT2D eigenvalue weighted by molar-refractivity contribution is -0.138. The predicted octanol–water partition coefficient (Wildman–Crippen LogP) is 15.7. The van der Waals surface area contributed by atoms with Crippen LogP contribution in [0.3, 0.4) is 0 Å². The minimum atomic E-state index is -4.67. The van der Waals surface area contributed by atoms with Gasteiger partial charge in [-0.3, -0.25) is 4.79 Å². The van der Waals surface area contributed by atoms with Crippen LogP contribution in [0.5, 0.6) is 17.2 Å². The molecule has 12 rings (SSSR count). The van der Waals surface area contributed by atoms with E-state index < -0.39 is 177 Å². The third kappa shape index (κ3) is 14.6. The van der Waals surface area contributed by atoms with Crippen molar-refractivity contribution >= 4 is 42.4 Å². The van der Waals surface area contributed by atoms with Gasteiger partial charge in [0.1, 0.15) is 37.5 Å². The first kappa shape index (κ1) is 77.5. The third-order valence-electron chi connectivity index (χ3n) is 19.4. The molecule has 33 heteroatoms. The lowest BCUT2D eigenvalue weighted by Crippen LogP contribution is -2.52. The summed E-state index contributed by atoms with van der Waals surface area (Å²) in [5.41, 5.74) is 1.28. The maximum Gasteiger partial charge on any atom is 0.416 e. The first-order valence-electron chi connectivity index (χ1n) is 31.2. The summed E-state index contributed by atoms with van der Waals surface area (Å²) in [5.74, 6) is -9.95. The van der Waals surface area contributed by atoms with Gasteiger partial charge in [0.25, 0.3) is 0 Å². The molecule has 6 aliphatic rings. The first-order valence-corrected chi connectivity index (χ1v) is 38.4. The quantitative estimate of drug-likeness (QED) is 0.0992. The van der Waals surface area contributed by atoms with E-state index >= 15 is 8.78 Å². The van der Waals surface area contributed by atoms with Gasteiger partial charge in [-0.25, -0.2) is 51.6 Å². The monoisotopic (exact) mass is 1510 g/mol. The van der Waals surface area contributed by atoms with Gasteiger partial charge in [0.2, 0.25) is 0 Å². The number of sulfone groups is 3. The Bertz CT molecular complexity index is 4630. The molecule has 0 radical (unpaired) electrons. The molecule has 14 nitrogen and oxygen atoms in total. The van der Waals surface area contributed by atoms with Crippen molar-refractivity contribution in [2.75, 3.05) is 45.9 Å². The average molecular weight is 1510 g/mol. The fourth-order valence-corrected chi connectivity index (χ4v) is 22.0. The topological polar surface area (TPSA) is 238 Å². The number of rotatable bonds is 10. The van der Waals surface area contributed by atoms with Crippen molar-refractivity contribution in [2.24, 2.45) is 35.3 Å². The molecular formula is C68H63F15N3O11PS3. The maximum absolute atomic E-state index is 15.1. The van der Waals surface area contributed by atoms with Crippen LogP contribution < -0.4 is 19.9 Å². The zero-order valence-electron chi connectivity index (χ0n) is 53.4. The number of hydrogen-bond acceptors (Lipinski definition) is 14. The SMILES string of the molecule is CP(C)(=O)CC#N.N#CC[C@@H]1CC[C@@]2(S(=O)(=O)c3ccc(C(F)(F)F)cc3)c3c(F)ccc(F)c3OC[C@H]2C1.NCC[C@@H]1CC[C@@]2(S(=O)(=O)c3ccc(C(F)(F)F)cc3)c3c(F)ccc(F)c3OC[C@H]2C1.O=C1CC[C@@]2(S(=O)(=O)c3ccc(C(F)(F)F)cc3)c3c(F)ccc(F)c3OC[C@H]2C1. The molecule has 0 spiro atoms. The van der Waals surface area contributed by atoms with Crippen LogP contribution in [0.25, 0.3) is 0 Å². The smallest absolute Gasteiger partial charge is 0.416 e. The minimum absolute atomic E-state index is 0.0115. The second-order valence-corrected chi connectivity index (χ2v) is 35.9. The second-order valence-electron chi connectivity index (χ2n) is 25.8. The Morgan fingerprint density at radius 1 is 0.485 bits per heavy atom. The second kappa shape index (κ2) is 28.9. The number of carbonyl (C=O) groups excluding carboxylic acids is 1. The molecule has 3 aliphatic carbocycles. The number of benzene rings is 6. The Hall–Kier alpha value is -7.64. The van der Waals surface area contributed by atoms with Crippen molar-refractivity contribution < 1.29 is 115 Å². The van der Waals surface area contributed by atoms with Gasteiger partial charge in [0.15, 0.2) is 64.2 Å². The number of ether oxygens (including phenoxy) is 3. The van der Waals surface area contributed by atoms with E-state index in [0.717, 1.165) is 72.8 Å². The van der Waals surface area contributed by atoms with Crippen molar-refractivity contribution in [3.63, 3.8) is 0 Å². The molecule has 3 fully saturated rings. The van der Waals surface area contributed by atoms with Crippen LogP contribution in [-0.2, 0) is 71.6 Å². The van der Waals surface area contributed by atoms with Crippen LogP contribution in [0.1, 0.15) is 104 Å². The number of nitrogens with zero attached hydrogens (tertiary/aromatic N) is 2. The molecule has 0 bridgehead atoms. The maximum atomic E-state index is 15.1. The van der Waals surface area contributed by atoms with Crippen molar-refractivity contribution in [3.05, 3.63) is 177 Å². The Labute approximate surface area is 571 Å². The molecule has 3 saturated carbocycles. The van der Waals surface area contributed by atoms with Crippen molar-refractivity contribution in [1.29, 1.82) is 10.5 Å². The number of carbonyl (C=O) groups is 1. The summed E-state index contributed by atoms with van der Waals surface area (Å²) in [6.45, 7) is 2.92. The largest absolute Gasteiger partial charge is 0.490 e. The number of nitriles is 2. The Kier molecular flexibility index (Phi) is 22.2. The summed E-state index contributed by atoms with van der Waals surface area (Å²) in [6.07, 6.45) is -12.5. The number of ketones is 1. The molecule has 6 aromatic carbocycles. The molecule has 544 valence electrons. The highest BCUT2D eigenvalue weighted by atomic mass is 32.2. The minimum Gasteiger partial charge on any atom is -0.490 e. The van der Waals surface area contributed by atoms with Crippen molar-refractivity contribution in [2.45, 2.75) is 118 Å². The summed E-state index contributed by atoms with van der Waals surface area (Å²) in [4.78, 5) is 10.8. The van der Waals surface area contributed by atoms with Crippen LogP contribution in [-0.4, -0.2) is 76.9 Å². The Balaban J connectivity index is 0.000000168. The van der Waals surface area contributed by atoms with Crippen LogP contribution in [0.15, 0.2) is 124 Å². The number of halogens is 15. The van der Waals surface area contributed by atoms with Gasteiger partial charge in [0.05, 0.1) is 93.3 Å². The molecule has 0 saturated heterocycles. The van der Waals surface area contributed by atoms with Crippen LogP contribution in [0.2, 0.25) is 0 Å². The normalized spacial score (nSPS) is 24.0. The van der Waals surface area contributed by atoms with E-state index in [9.17, 15) is 91.7 Å². The molecule has 0 unspecified atom stereocenters. The Morgan fingerprint density at radius 2 is 0.802 bits per heavy atom. The lowest BCUT2D eigenvalue weighted by atomic mass is 9.68. The fraction of sp³-hybridized carbons (Fsp3) is 0.426. The third-order valence-corrected chi connectivity index (χ3v) is 28.0. The van der Waals surface area contributed by atoms with E-state index in [1.807, 2.05) is 12.1 Å². The molecular weight excluding hydrogens is 1450 g/mol. The molecule has 8 atom stereocenters. The van der Waals surface area contributed by atoms with Crippen molar-refractivity contribution in [1.82, 2.24) is 0 Å². The van der Waals surface area contributed by atoms with Gasteiger partial charge in [-0.15, -0.1) is 0 Å². The molecule has 6 aromatic rings. The zero-order chi connectivity index (χ0) is 74.4.